The van der Waals surface area contributed by atoms with E-state index in [-0.39, 0.29) is 10.8 Å². The second-order valence-electron chi connectivity index (χ2n) is 6.13. The maximum absolute atomic E-state index is 12.5. The molecule has 2 N–H and O–H groups in total. The number of carboxylic acids is 1. The van der Waals surface area contributed by atoms with E-state index in [1.165, 1.54) is 11.3 Å². The number of aryl methyl sites for hydroxylation is 1. The minimum absolute atomic E-state index is 0.180. The van der Waals surface area contributed by atoms with Crippen LogP contribution in [0.1, 0.15) is 65.7 Å². The van der Waals surface area contributed by atoms with Crippen LogP contribution in [0.15, 0.2) is 0 Å². The molecule has 0 aromatic carbocycles. The summed E-state index contributed by atoms with van der Waals surface area (Å²) in [4.78, 5) is 12.6. The highest BCUT2D eigenvalue weighted by Crippen LogP contribution is 2.39. The highest BCUT2D eigenvalue weighted by Gasteiger charge is 2.31. The van der Waals surface area contributed by atoms with E-state index in [9.17, 15) is 18.3 Å². The van der Waals surface area contributed by atoms with E-state index >= 15 is 0 Å². The molecule has 0 spiro atoms. The molecule has 0 unspecified atom stereocenters. The number of aromatic carboxylic acids is 1. The molecule has 1 heterocycles. The number of fused-ring (bicyclic) bond motifs is 1. The Balaban J connectivity index is 1.91. The van der Waals surface area contributed by atoms with Gasteiger partial charge in [0.25, 0.3) is 0 Å². The van der Waals surface area contributed by atoms with E-state index < -0.39 is 16.0 Å². The summed E-state index contributed by atoms with van der Waals surface area (Å²) in [7, 11) is -3.49. The quantitative estimate of drug-likeness (QED) is 0.877. The molecule has 0 atom stereocenters. The van der Waals surface area contributed by atoms with Gasteiger partial charge in [0.15, 0.2) is 0 Å². The van der Waals surface area contributed by atoms with E-state index in [0.717, 1.165) is 55.4 Å². The Morgan fingerprint density at radius 3 is 2.45 bits per heavy atom. The molecule has 0 amide bonds. The van der Waals surface area contributed by atoms with Gasteiger partial charge >= 0.3 is 5.97 Å². The smallest absolute Gasteiger partial charge is 0.339 e. The minimum Gasteiger partial charge on any atom is -0.478 e. The fraction of sp³-hybridized carbons (Fsp3) is 0.667. The lowest BCUT2D eigenvalue weighted by Crippen LogP contribution is -2.30. The fourth-order valence-corrected chi connectivity index (χ4v) is 6.58. The van der Waals surface area contributed by atoms with Crippen molar-refractivity contribution in [1.29, 1.82) is 0 Å². The molecule has 1 saturated carbocycles. The lowest BCUT2D eigenvalue weighted by Gasteiger charge is -2.22. The fourth-order valence-electron chi connectivity index (χ4n) is 3.45. The highest BCUT2D eigenvalue weighted by molar-refractivity contribution is 7.93. The Labute approximate surface area is 134 Å². The number of sulfonamides is 1. The van der Waals surface area contributed by atoms with Gasteiger partial charge in [0.1, 0.15) is 5.00 Å². The van der Waals surface area contributed by atoms with Crippen LogP contribution in [0.5, 0.6) is 0 Å². The molecular formula is C15H21NO4S2. The molecule has 1 fully saturated rings. The summed E-state index contributed by atoms with van der Waals surface area (Å²) in [5.74, 6) is -1.03. The third-order valence-electron chi connectivity index (χ3n) is 4.61. The molecule has 7 heteroatoms. The number of hydrogen-bond acceptors (Lipinski definition) is 4. The second kappa shape index (κ2) is 6.20. The predicted octanol–water partition coefficient (Wildman–Crippen LogP) is 3.40. The van der Waals surface area contributed by atoms with Crippen LogP contribution in [-0.4, -0.2) is 24.7 Å². The number of thiophene rings is 1. The van der Waals surface area contributed by atoms with Gasteiger partial charge in [0, 0.05) is 4.88 Å². The number of nitrogens with one attached hydrogen (secondary N) is 1. The summed E-state index contributed by atoms with van der Waals surface area (Å²) in [5, 5.41) is 9.41. The largest absolute Gasteiger partial charge is 0.478 e. The molecule has 3 rings (SSSR count). The van der Waals surface area contributed by atoms with Crippen LogP contribution in [0.25, 0.3) is 0 Å². The van der Waals surface area contributed by atoms with Gasteiger partial charge in [0.05, 0.1) is 10.8 Å². The molecule has 122 valence electrons. The third-order valence-corrected chi connectivity index (χ3v) is 7.79. The van der Waals surface area contributed by atoms with E-state index in [4.69, 9.17) is 0 Å². The minimum atomic E-state index is -3.49. The maximum Gasteiger partial charge on any atom is 0.339 e. The van der Waals surface area contributed by atoms with Gasteiger partial charge in [-0.05, 0) is 44.1 Å². The molecule has 0 saturated heterocycles. The van der Waals surface area contributed by atoms with Gasteiger partial charge in [-0.25, -0.2) is 13.2 Å². The van der Waals surface area contributed by atoms with Crippen LogP contribution >= 0.6 is 11.3 Å². The first kappa shape index (κ1) is 15.8. The van der Waals surface area contributed by atoms with Gasteiger partial charge in [-0.3, -0.25) is 4.72 Å². The van der Waals surface area contributed by atoms with Crippen LogP contribution in [-0.2, 0) is 22.9 Å². The zero-order chi connectivity index (χ0) is 15.7. The number of anilines is 1. The van der Waals surface area contributed by atoms with Crippen LogP contribution in [0.2, 0.25) is 0 Å². The Morgan fingerprint density at radius 1 is 1.09 bits per heavy atom. The van der Waals surface area contributed by atoms with E-state index in [2.05, 4.69) is 4.72 Å². The van der Waals surface area contributed by atoms with Crippen LogP contribution < -0.4 is 4.72 Å². The van der Waals surface area contributed by atoms with Gasteiger partial charge in [-0.2, -0.15) is 0 Å². The third kappa shape index (κ3) is 3.01. The first-order chi connectivity index (χ1) is 10.5. The van der Waals surface area contributed by atoms with Crippen molar-refractivity contribution < 1.29 is 18.3 Å². The molecule has 2 aliphatic rings. The van der Waals surface area contributed by atoms with Crippen molar-refractivity contribution in [2.24, 2.45) is 0 Å². The van der Waals surface area contributed by atoms with Crippen LogP contribution in [0, 0.1) is 0 Å². The molecule has 0 radical (unpaired) electrons. The van der Waals surface area contributed by atoms with Crippen molar-refractivity contribution in [2.45, 2.75) is 63.0 Å². The maximum atomic E-state index is 12.5. The lowest BCUT2D eigenvalue weighted by atomic mass is 9.96. The van der Waals surface area contributed by atoms with Crippen molar-refractivity contribution in [3.63, 3.8) is 0 Å². The van der Waals surface area contributed by atoms with Gasteiger partial charge in [-0.15, -0.1) is 11.3 Å². The molecule has 22 heavy (non-hydrogen) atoms. The molecule has 0 aliphatic heterocycles. The zero-order valence-corrected chi connectivity index (χ0v) is 14.1. The van der Waals surface area contributed by atoms with E-state index in [1.54, 1.807) is 0 Å². The summed E-state index contributed by atoms with van der Waals surface area (Å²) < 4.78 is 27.7. The Hall–Kier alpha value is -1.08. The number of rotatable bonds is 4. The first-order valence-corrected chi connectivity index (χ1v) is 10.2. The molecular weight excluding hydrogens is 322 g/mol. The zero-order valence-electron chi connectivity index (χ0n) is 12.4. The molecule has 5 nitrogen and oxygen atoms in total. The van der Waals surface area contributed by atoms with Gasteiger partial charge in [0.2, 0.25) is 10.0 Å². The number of carboxylic acid groups (broad SMARTS) is 1. The monoisotopic (exact) mass is 343 g/mol. The Morgan fingerprint density at radius 2 is 1.77 bits per heavy atom. The summed E-state index contributed by atoms with van der Waals surface area (Å²) in [5.41, 5.74) is 1.02. The van der Waals surface area contributed by atoms with Crippen molar-refractivity contribution in [3.05, 3.63) is 16.0 Å². The van der Waals surface area contributed by atoms with Crippen molar-refractivity contribution in [3.8, 4) is 0 Å². The Bertz CT molecular complexity index is 672. The van der Waals surface area contributed by atoms with E-state index in [0.29, 0.717) is 17.8 Å². The predicted molar refractivity (Wildman–Crippen MR) is 87.3 cm³/mol. The standard InChI is InChI=1S/C15H21NO4S2/c17-15(18)13-11-8-4-5-9-12(11)21-14(13)16-22(19,20)10-6-2-1-3-7-10/h10,16H,1-9H2,(H,17,18). The van der Waals surface area contributed by atoms with Crippen molar-refractivity contribution in [2.75, 3.05) is 4.72 Å². The molecule has 1 aromatic heterocycles. The lowest BCUT2D eigenvalue weighted by molar-refractivity contribution is 0.0697. The SMILES string of the molecule is O=C(O)c1c(NS(=O)(=O)C2CCCCC2)sc2c1CCCC2. The Kier molecular flexibility index (Phi) is 4.45. The summed E-state index contributed by atoms with van der Waals surface area (Å²) >= 11 is 1.31. The van der Waals surface area contributed by atoms with E-state index in [1.807, 2.05) is 0 Å². The average molecular weight is 343 g/mol. The topological polar surface area (TPSA) is 83.5 Å². The second-order valence-corrected chi connectivity index (χ2v) is 9.19. The number of carbonyl (C=O) groups is 1. The summed E-state index contributed by atoms with van der Waals surface area (Å²) in [6, 6.07) is 0. The van der Waals surface area contributed by atoms with Crippen molar-refractivity contribution >= 4 is 32.3 Å². The molecule has 2 aliphatic carbocycles. The van der Waals surface area contributed by atoms with Crippen LogP contribution in [0.3, 0.4) is 0 Å². The van der Waals surface area contributed by atoms with Crippen LogP contribution in [0.4, 0.5) is 5.00 Å². The molecule has 1 aromatic rings. The van der Waals surface area contributed by atoms with Gasteiger partial charge in [-0.1, -0.05) is 19.3 Å². The first-order valence-electron chi connectivity index (χ1n) is 7.88. The highest BCUT2D eigenvalue weighted by atomic mass is 32.2. The summed E-state index contributed by atoms with van der Waals surface area (Å²) in [6.45, 7) is 0. The molecule has 0 bridgehead atoms. The normalized spacial score (nSPS) is 19.6. The van der Waals surface area contributed by atoms with Crippen molar-refractivity contribution in [1.82, 2.24) is 0 Å². The van der Waals surface area contributed by atoms with Gasteiger partial charge < -0.3 is 5.11 Å². The number of hydrogen-bond donors (Lipinski definition) is 2. The summed E-state index contributed by atoms with van der Waals surface area (Å²) in [6.07, 6.45) is 7.88. The average Bonchev–Trinajstić information content (AvgIpc) is 2.85.